The minimum absolute atomic E-state index is 0.0436. The van der Waals surface area contributed by atoms with Crippen molar-refractivity contribution in [3.05, 3.63) is 102 Å². The van der Waals surface area contributed by atoms with Crippen LogP contribution >= 0.6 is 0 Å². The van der Waals surface area contributed by atoms with Crippen molar-refractivity contribution in [3.63, 3.8) is 0 Å². The summed E-state index contributed by atoms with van der Waals surface area (Å²) in [6.45, 7) is 0. The van der Waals surface area contributed by atoms with Gasteiger partial charge in [0.2, 0.25) is 17.7 Å². The standard InChI is InChI=1S/C28H20F3N3O3/c29-28(30,31)17-8-6-9-18(15-17)32-25(35)24-22-21(23-20-12-5-4-7-16(20)13-14-33(23)24)26(36)34(27(22)37)19-10-2-1-3-11-19/h1-15,21-24H,(H,32,35)/t21-,22-,23+,24+/m1/s1. The largest absolute Gasteiger partial charge is 0.416 e. The van der Waals surface area contributed by atoms with E-state index in [1.54, 1.807) is 47.5 Å². The van der Waals surface area contributed by atoms with Crippen molar-refractivity contribution in [1.82, 2.24) is 4.90 Å². The summed E-state index contributed by atoms with van der Waals surface area (Å²) in [5.41, 5.74) is 1.15. The number of para-hydroxylation sites is 1. The fourth-order valence-corrected chi connectivity index (χ4v) is 5.68. The zero-order chi connectivity index (χ0) is 25.9. The van der Waals surface area contributed by atoms with Gasteiger partial charge < -0.3 is 10.2 Å². The molecule has 37 heavy (non-hydrogen) atoms. The van der Waals surface area contributed by atoms with Gasteiger partial charge in [-0.25, -0.2) is 4.90 Å². The summed E-state index contributed by atoms with van der Waals surface area (Å²) in [5.74, 6) is -3.42. The van der Waals surface area contributed by atoms with E-state index in [0.29, 0.717) is 5.69 Å². The number of halogens is 3. The van der Waals surface area contributed by atoms with Crippen LogP contribution in [0.3, 0.4) is 0 Å². The van der Waals surface area contributed by atoms with Crippen molar-refractivity contribution in [3.8, 4) is 0 Å². The number of hydrogen-bond donors (Lipinski definition) is 1. The summed E-state index contributed by atoms with van der Waals surface area (Å²) in [4.78, 5) is 43.9. The van der Waals surface area contributed by atoms with Gasteiger partial charge in [0.1, 0.15) is 6.04 Å². The van der Waals surface area contributed by atoms with Crippen molar-refractivity contribution in [2.24, 2.45) is 11.8 Å². The average molecular weight is 503 g/mol. The zero-order valence-electron chi connectivity index (χ0n) is 19.2. The number of hydrogen-bond acceptors (Lipinski definition) is 4. The molecule has 3 heterocycles. The van der Waals surface area contributed by atoms with Gasteiger partial charge in [-0.1, -0.05) is 48.5 Å². The van der Waals surface area contributed by atoms with Crippen molar-refractivity contribution in [2.45, 2.75) is 18.3 Å². The summed E-state index contributed by atoms with van der Waals surface area (Å²) in [6, 6.07) is 18.6. The number of anilines is 2. The molecular formula is C28H20F3N3O3. The van der Waals surface area contributed by atoms with Crippen LogP contribution in [-0.4, -0.2) is 28.7 Å². The summed E-state index contributed by atoms with van der Waals surface area (Å²) >= 11 is 0. The lowest BCUT2D eigenvalue weighted by Gasteiger charge is -2.35. The molecule has 3 aliphatic heterocycles. The SMILES string of the molecule is O=C(Nc1cccc(C(F)(F)F)c1)[C@@H]1[C@@H]2C(=O)N(c3ccccc3)C(=O)[C@H]2[C@@H]2c3ccccc3C=CN12. The molecule has 2 saturated heterocycles. The first-order chi connectivity index (χ1) is 17.8. The third-order valence-electron chi connectivity index (χ3n) is 7.20. The molecule has 9 heteroatoms. The molecular weight excluding hydrogens is 483 g/mol. The number of imide groups is 1. The Balaban J connectivity index is 1.41. The minimum Gasteiger partial charge on any atom is -0.357 e. The fourth-order valence-electron chi connectivity index (χ4n) is 5.68. The highest BCUT2D eigenvalue weighted by Gasteiger charge is 2.64. The maximum absolute atomic E-state index is 13.7. The van der Waals surface area contributed by atoms with Crippen LogP contribution in [0.4, 0.5) is 24.5 Å². The highest BCUT2D eigenvalue weighted by Crippen LogP contribution is 2.53. The molecule has 3 aromatic carbocycles. The molecule has 4 atom stereocenters. The van der Waals surface area contributed by atoms with Crippen LogP contribution in [0.15, 0.2) is 85.1 Å². The monoisotopic (exact) mass is 503 g/mol. The molecule has 0 saturated carbocycles. The first-order valence-electron chi connectivity index (χ1n) is 11.7. The molecule has 3 aliphatic rings. The van der Waals surface area contributed by atoms with Crippen LogP contribution in [0.5, 0.6) is 0 Å². The molecule has 1 N–H and O–H groups in total. The molecule has 186 valence electrons. The molecule has 3 aromatic rings. The van der Waals surface area contributed by atoms with E-state index in [4.69, 9.17) is 0 Å². The summed E-state index contributed by atoms with van der Waals surface area (Å²) in [7, 11) is 0. The molecule has 6 nitrogen and oxygen atoms in total. The van der Waals surface area contributed by atoms with Crippen LogP contribution < -0.4 is 10.2 Å². The second-order valence-corrected chi connectivity index (χ2v) is 9.25. The number of amides is 3. The number of nitrogens with zero attached hydrogens (tertiary/aromatic N) is 2. The van der Waals surface area contributed by atoms with Crippen molar-refractivity contribution in [2.75, 3.05) is 10.2 Å². The van der Waals surface area contributed by atoms with Gasteiger partial charge >= 0.3 is 6.18 Å². The number of fused-ring (bicyclic) bond motifs is 5. The molecule has 6 rings (SSSR count). The lowest BCUT2D eigenvalue weighted by molar-refractivity contribution is -0.137. The van der Waals surface area contributed by atoms with E-state index < -0.39 is 53.4 Å². The summed E-state index contributed by atoms with van der Waals surface area (Å²) in [5, 5.41) is 2.56. The quantitative estimate of drug-likeness (QED) is 0.519. The second kappa shape index (κ2) is 8.33. The van der Waals surface area contributed by atoms with Gasteiger partial charge in [0.05, 0.1) is 29.1 Å². The van der Waals surface area contributed by atoms with Crippen LogP contribution in [0.2, 0.25) is 0 Å². The Morgan fingerprint density at radius 1 is 0.838 bits per heavy atom. The van der Waals surface area contributed by atoms with Gasteiger partial charge in [-0.15, -0.1) is 0 Å². The van der Waals surface area contributed by atoms with Crippen LogP contribution in [0.25, 0.3) is 6.08 Å². The number of alkyl halides is 3. The minimum atomic E-state index is -4.58. The predicted molar refractivity (Wildman–Crippen MR) is 130 cm³/mol. The number of benzene rings is 3. The highest BCUT2D eigenvalue weighted by molar-refractivity contribution is 6.24. The first kappa shape index (κ1) is 23.0. The molecule has 3 amide bonds. The Kier molecular flexibility index (Phi) is 5.18. The van der Waals surface area contributed by atoms with E-state index in [-0.39, 0.29) is 5.69 Å². The molecule has 0 unspecified atom stereocenters. The Bertz CT molecular complexity index is 1450. The van der Waals surface area contributed by atoms with Gasteiger partial charge in [-0.3, -0.25) is 14.4 Å². The molecule has 0 radical (unpaired) electrons. The van der Waals surface area contributed by atoms with E-state index in [1.165, 1.54) is 12.1 Å². The molecule has 0 spiro atoms. The maximum Gasteiger partial charge on any atom is 0.416 e. The lowest BCUT2D eigenvalue weighted by Crippen LogP contribution is -2.46. The van der Waals surface area contributed by atoms with Gasteiger partial charge in [0.15, 0.2) is 0 Å². The Hall–Kier alpha value is -4.40. The van der Waals surface area contributed by atoms with E-state index in [9.17, 15) is 27.6 Å². The van der Waals surface area contributed by atoms with Gasteiger partial charge in [0, 0.05) is 11.9 Å². The summed E-state index contributed by atoms with van der Waals surface area (Å²) in [6.07, 6.45) is -1.08. The maximum atomic E-state index is 13.7. The van der Waals surface area contributed by atoms with Gasteiger partial charge in [0.25, 0.3) is 0 Å². The third-order valence-corrected chi connectivity index (χ3v) is 7.20. The molecule has 0 aromatic heterocycles. The average Bonchev–Trinajstić information content (AvgIpc) is 3.36. The summed E-state index contributed by atoms with van der Waals surface area (Å²) < 4.78 is 39.7. The second-order valence-electron chi connectivity index (χ2n) is 9.25. The first-order valence-corrected chi connectivity index (χ1v) is 11.7. The van der Waals surface area contributed by atoms with E-state index in [0.717, 1.165) is 28.2 Å². The highest BCUT2D eigenvalue weighted by atomic mass is 19.4. The van der Waals surface area contributed by atoms with Crippen molar-refractivity contribution < 1.29 is 27.6 Å². The third kappa shape index (κ3) is 3.61. The number of nitrogens with one attached hydrogen (secondary N) is 1. The Morgan fingerprint density at radius 3 is 2.30 bits per heavy atom. The zero-order valence-corrected chi connectivity index (χ0v) is 19.2. The Morgan fingerprint density at radius 2 is 1.54 bits per heavy atom. The van der Waals surface area contributed by atoms with Crippen molar-refractivity contribution >= 4 is 35.2 Å². The van der Waals surface area contributed by atoms with Crippen LogP contribution in [0, 0.1) is 11.8 Å². The van der Waals surface area contributed by atoms with Crippen LogP contribution in [0.1, 0.15) is 22.7 Å². The fraction of sp³-hybridized carbons (Fsp3) is 0.179. The number of carbonyl (C=O) groups is 3. The Labute approximate surface area is 210 Å². The molecule has 0 bridgehead atoms. The van der Waals surface area contributed by atoms with E-state index in [2.05, 4.69) is 5.32 Å². The topological polar surface area (TPSA) is 69.7 Å². The number of carbonyl (C=O) groups excluding carboxylic acids is 3. The van der Waals surface area contributed by atoms with E-state index >= 15 is 0 Å². The molecule has 0 aliphatic carbocycles. The normalized spacial score (nSPS) is 24.1. The van der Waals surface area contributed by atoms with Gasteiger partial charge in [-0.2, -0.15) is 13.2 Å². The van der Waals surface area contributed by atoms with Crippen LogP contribution in [-0.2, 0) is 20.6 Å². The lowest BCUT2D eigenvalue weighted by atomic mass is 9.84. The van der Waals surface area contributed by atoms with Gasteiger partial charge in [-0.05, 0) is 47.5 Å². The van der Waals surface area contributed by atoms with Crippen molar-refractivity contribution in [1.29, 1.82) is 0 Å². The smallest absolute Gasteiger partial charge is 0.357 e. The number of rotatable bonds is 3. The predicted octanol–water partition coefficient (Wildman–Crippen LogP) is 4.86. The molecule has 2 fully saturated rings. The van der Waals surface area contributed by atoms with E-state index in [1.807, 2.05) is 24.3 Å².